The molecule has 2 nitrogen and oxygen atoms in total. The Morgan fingerprint density at radius 3 is 2.25 bits per heavy atom. The molecule has 1 saturated heterocycles. The van der Waals surface area contributed by atoms with Crippen molar-refractivity contribution in [2.45, 2.75) is 12.5 Å². The topological polar surface area (TPSA) is 12.5 Å². The van der Waals surface area contributed by atoms with Gasteiger partial charge in [-0.25, -0.2) is 3.93 Å². The van der Waals surface area contributed by atoms with E-state index in [9.17, 15) is 0 Å². The molecule has 3 heteroatoms. The average molecular weight is 180 g/mol. The molecule has 0 saturated carbocycles. The van der Waals surface area contributed by atoms with Crippen LogP contribution in [0, 0.1) is 0 Å². The van der Waals surface area contributed by atoms with Crippen molar-refractivity contribution in [3.8, 4) is 0 Å². The summed E-state index contributed by atoms with van der Waals surface area (Å²) in [6, 6.07) is 0. The van der Waals surface area contributed by atoms with Gasteiger partial charge in [0.1, 0.15) is 0 Å². The number of halogens is 1. The van der Waals surface area contributed by atoms with Crippen LogP contribution < -0.4 is 0 Å². The lowest BCUT2D eigenvalue weighted by atomic mass is 10.0. The first-order valence-electron chi connectivity index (χ1n) is 2.62. The number of methoxy groups -OCH3 is 1. The van der Waals surface area contributed by atoms with Gasteiger partial charge in [-0.2, -0.15) is 0 Å². The van der Waals surface area contributed by atoms with Gasteiger partial charge in [-0.15, -0.1) is 0 Å². The minimum absolute atomic E-state index is 0.115. The maximum absolute atomic E-state index is 5.17. The highest BCUT2D eigenvalue weighted by atomic mass is 79.9. The lowest BCUT2D eigenvalue weighted by Crippen LogP contribution is -2.56. The Morgan fingerprint density at radius 1 is 1.62 bits per heavy atom. The van der Waals surface area contributed by atoms with Crippen LogP contribution in [0.4, 0.5) is 0 Å². The smallest absolute Gasteiger partial charge is 0.0921 e. The van der Waals surface area contributed by atoms with Gasteiger partial charge in [0.15, 0.2) is 0 Å². The van der Waals surface area contributed by atoms with E-state index in [0.717, 1.165) is 13.1 Å². The van der Waals surface area contributed by atoms with E-state index < -0.39 is 0 Å². The number of nitrogens with zero attached hydrogens (tertiary/aromatic N) is 1. The highest BCUT2D eigenvalue weighted by Crippen LogP contribution is 2.25. The molecule has 0 N–H and O–H groups in total. The lowest BCUT2D eigenvalue weighted by Gasteiger charge is -2.42. The van der Waals surface area contributed by atoms with E-state index in [4.69, 9.17) is 4.74 Å². The molecule has 1 fully saturated rings. The van der Waals surface area contributed by atoms with E-state index in [2.05, 4.69) is 27.0 Å². The summed E-state index contributed by atoms with van der Waals surface area (Å²) >= 11 is 3.33. The molecule has 8 heavy (non-hydrogen) atoms. The third-order valence-electron chi connectivity index (χ3n) is 1.50. The van der Waals surface area contributed by atoms with Gasteiger partial charge in [0.2, 0.25) is 0 Å². The van der Waals surface area contributed by atoms with E-state index in [0.29, 0.717) is 0 Å². The van der Waals surface area contributed by atoms with E-state index in [1.165, 1.54) is 0 Å². The minimum atomic E-state index is 0.115. The Kier molecular flexibility index (Phi) is 1.61. The van der Waals surface area contributed by atoms with Crippen molar-refractivity contribution in [1.29, 1.82) is 0 Å². The first-order chi connectivity index (χ1) is 3.66. The van der Waals surface area contributed by atoms with Crippen LogP contribution >= 0.6 is 16.1 Å². The van der Waals surface area contributed by atoms with Gasteiger partial charge in [0.25, 0.3) is 0 Å². The van der Waals surface area contributed by atoms with Gasteiger partial charge < -0.3 is 4.74 Å². The fourth-order valence-electron chi connectivity index (χ4n) is 0.809. The third-order valence-corrected chi connectivity index (χ3v) is 2.01. The second-order valence-electron chi connectivity index (χ2n) is 2.43. The highest BCUT2D eigenvalue weighted by Gasteiger charge is 2.37. The zero-order chi connectivity index (χ0) is 6.20. The Hall–Kier alpha value is 0.400. The summed E-state index contributed by atoms with van der Waals surface area (Å²) in [6.07, 6.45) is 0. The third kappa shape index (κ3) is 1.04. The van der Waals surface area contributed by atoms with E-state index in [-0.39, 0.29) is 5.60 Å². The molecule has 1 rings (SSSR count). The summed E-state index contributed by atoms with van der Waals surface area (Å²) in [5, 5.41) is 0. The van der Waals surface area contributed by atoms with E-state index in [1.807, 2.05) is 0 Å². The average Bonchev–Trinajstić information content (AvgIpc) is 1.63. The fraction of sp³-hybridized carbons (Fsp3) is 1.00. The van der Waals surface area contributed by atoms with Gasteiger partial charge in [-0.3, -0.25) is 0 Å². The Labute approximate surface area is 58.1 Å². The number of rotatable bonds is 1. The molecule has 0 aromatic carbocycles. The molecule has 0 bridgehead atoms. The van der Waals surface area contributed by atoms with Crippen molar-refractivity contribution in [3.63, 3.8) is 0 Å². The number of hydrogen-bond donors (Lipinski definition) is 0. The number of ether oxygens (including phenoxy) is 1. The summed E-state index contributed by atoms with van der Waals surface area (Å²) in [5.74, 6) is 0. The first kappa shape index (κ1) is 6.52. The van der Waals surface area contributed by atoms with Gasteiger partial charge in [-0.05, 0) is 6.92 Å². The van der Waals surface area contributed by atoms with E-state index >= 15 is 0 Å². The molecular formula is C5H10BrNO. The SMILES string of the molecule is COC1(C)CN(Br)C1. The maximum Gasteiger partial charge on any atom is 0.0921 e. The molecule has 0 amide bonds. The molecular weight excluding hydrogens is 170 g/mol. The van der Waals surface area contributed by atoms with Crippen molar-refractivity contribution in [3.05, 3.63) is 0 Å². The van der Waals surface area contributed by atoms with Gasteiger partial charge in [0.05, 0.1) is 5.60 Å². The molecule has 0 aromatic heterocycles. The minimum Gasteiger partial charge on any atom is -0.376 e. The van der Waals surface area contributed by atoms with Crippen LogP contribution in [0.15, 0.2) is 0 Å². The molecule has 0 spiro atoms. The monoisotopic (exact) mass is 179 g/mol. The zero-order valence-corrected chi connectivity index (χ0v) is 6.73. The van der Waals surface area contributed by atoms with Gasteiger partial charge in [-0.1, -0.05) is 0 Å². The summed E-state index contributed by atoms with van der Waals surface area (Å²) in [7, 11) is 1.75. The van der Waals surface area contributed by atoms with Crippen molar-refractivity contribution in [2.75, 3.05) is 20.2 Å². The van der Waals surface area contributed by atoms with Gasteiger partial charge >= 0.3 is 0 Å². The maximum atomic E-state index is 5.17. The molecule has 0 radical (unpaired) electrons. The zero-order valence-electron chi connectivity index (χ0n) is 5.15. The Bertz CT molecular complexity index is 90.4. The second kappa shape index (κ2) is 1.97. The van der Waals surface area contributed by atoms with Crippen LogP contribution in [0.3, 0.4) is 0 Å². The molecule has 0 aliphatic carbocycles. The summed E-state index contributed by atoms with van der Waals surface area (Å²) in [6.45, 7) is 4.08. The normalized spacial score (nSPS) is 27.4. The lowest BCUT2D eigenvalue weighted by molar-refractivity contribution is -0.0702. The largest absolute Gasteiger partial charge is 0.376 e. The predicted molar refractivity (Wildman–Crippen MR) is 35.9 cm³/mol. The van der Waals surface area contributed by atoms with Gasteiger partial charge in [0, 0.05) is 36.3 Å². The van der Waals surface area contributed by atoms with Crippen LogP contribution in [-0.4, -0.2) is 29.7 Å². The van der Waals surface area contributed by atoms with E-state index in [1.54, 1.807) is 7.11 Å². The number of hydrogen-bond acceptors (Lipinski definition) is 2. The van der Waals surface area contributed by atoms with Crippen molar-refractivity contribution >= 4 is 16.1 Å². The van der Waals surface area contributed by atoms with Crippen molar-refractivity contribution in [1.82, 2.24) is 3.93 Å². The fourth-order valence-corrected chi connectivity index (χ4v) is 1.87. The molecule has 1 heterocycles. The predicted octanol–water partition coefficient (Wildman–Crippen LogP) is 1.02. The summed E-state index contributed by atoms with van der Waals surface area (Å²) in [4.78, 5) is 0. The Balaban J connectivity index is 2.30. The molecule has 1 aliphatic rings. The van der Waals surface area contributed by atoms with Crippen molar-refractivity contribution in [2.24, 2.45) is 0 Å². The van der Waals surface area contributed by atoms with Crippen LogP contribution in [-0.2, 0) is 4.74 Å². The quantitative estimate of drug-likeness (QED) is 0.558. The summed E-state index contributed by atoms with van der Waals surface area (Å²) < 4.78 is 7.22. The molecule has 0 unspecified atom stereocenters. The molecule has 0 aromatic rings. The van der Waals surface area contributed by atoms with Crippen molar-refractivity contribution < 1.29 is 4.74 Å². The van der Waals surface area contributed by atoms with Crippen LogP contribution in [0.25, 0.3) is 0 Å². The van der Waals surface area contributed by atoms with Crippen LogP contribution in [0.2, 0.25) is 0 Å². The van der Waals surface area contributed by atoms with Crippen LogP contribution in [0.1, 0.15) is 6.92 Å². The Morgan fingerprint density at radius 2 is 2.12 bits per heavy atom. The molecule has 1 aliphatic heterocycles. The molecule has 48 valence electrons. The highest BCUT2D eigenvalue weighted by molar-refractivity contribution is 9.07. The van der Waals surface area contributed by atoms with Crippen LogP contribution in [0.5, 0.6) is 0 Å². The second-order valence-corrected chi connectivity index (χ2v) is 3.44. The first-order valence-corrected chi connectivity index (χ1v) is 3.33. The summed E-state index contributed by atoms with van der Waals surface area (Å²) in [5.41, 5.74) is 0.115. The standard InChI is InChI=1S/C5H10BrNO/c1-5(8-2)3-7(6)4-5/h3-4H2,1-2H3. The molecule has 0 atom stereocenters.